The van der Waals surface area contributed by atoms with E-state index in [0.717, 1.165) is 16.0 Å². The third-order valence-electron chi connectivity index (χ3n) is 1.58. The largest absolute Gasteiger partial charge is 0.366 e. The van der Waals surface area contributed by atoms with Crippen LogP contribution in [0.2, 0.25) is 4.34 Å². The standard InChI is InChI=1S/C8H11ClN2S2/c1-10-8(12)11(2)5-6-3-4-7(9)13-6/h3-4H,5H2,1-2H3,(H,10,12). The summed E-state index contributed by atoms with van der Waals surface area (Å²) in [5.74, 6) is 0. The SMILES string of the molecule is CNC(=S)N(C)Cc1ccc(Cl)s1. The molecule has 0 bridgehead atoms. The van der Waals surface area contributed by atoms with Gasteiger partial charge in [-0.2, -0.15) is 0 Å². The van der Waals surface area contributed by atoms with E-state index >= 15 is 0 Å². The van der Waals surface area contributed by atoms with Crippen molar-refractivity contribution < 1.29 is 0 Å². The molecule has 0 saturated carbocycles. The normalized spacial score (nSPS) is 9.77. The Morgan fingerprint density at radius 3 is 2.85 bits per heavy atom. The molecule has 2 nitrogen and oxygen atoms in total. The van der Waals surface area contributed by atoms with Gasteiger partial charge < -0.3 is 10.2 Å². The third kappa shape index (κ3) is 3.14. The Morgan fingerprint density at radius 1 is 1.69 bits per heavy atom. The van der Waals surface area contributed by atoms with Crippen molar-refractivity contribution in [1.29, 1.82) is 0 Å². The van der Waals surface area contributed by atoms with Crippen LogP contribution in [-0.2, 0) is 6.54 Å². The van der Waals surface area contributed by atoms with Gasteiger partial charge in [-0.05, 0) is 24.4 Å². The first-order chi connectivity index (χ1) is 6.13. The second-order valence-electron chi connectivity index (χ2n) is 2.62. The van der Waals surface area contributed by atoms with Crippen LogP contribution in [-0.4, -0.2) is 24.1 Å². The molecule has 1 N–H and O–H groups in total. The monoisotopic (exact) mass is 234 g/mol. The maximum Gasteiger partial charge on any atom is 0.168 e. The average molecular weight is 235 g/mol. The van der Waals surface area contributed by atoms with Gasteiger partial charge in [-0.1, -0.05) is 11.6 Å². The highest BCUT2D eigenvalue weighted by atomic mass is 35.5. The van der Waals surface area contributed by atoms with Crippen LogP contribution in [0.5, 0.6) is 0 Å². The molecule has 13 heavy (non-hydrogen) atoms. The Bertz CT molecular complexity index is 298. The van der Waals surface area contributed by atoms with Crippen LogP contribution in [0.3, 0.4) is 0 Å². The van der Waals surface area contributed by atoms with Gasteiger partial charge in [0, 0.05) is 19.0 Å². The molecule has 0 aliphatic rings. The number of nitrogens with one attached hydrogen (secondary N) is 1. The molecule has 5 heteroatoms. The first-order valence-electron chi connectivity index (χ1n) is 3.80. The topological polar surface area (TPSA) is 15.3 Å². The summed E-state index contributed by atoms with van der Waals surface area (Å²) in [6, 6.07) is 3.92. The van der Waals surface area contributed by atoms with Crippen molar-refractivity contribution in [3.05, 3.63) is 21.3 Å². The van der Waals surface area contributed by atoms with E-state index in [1.54, 1.807) is 11.3 Å². The molecule has 0 radical (unpaired) electrons. The molecule has 0 atom stereocenters. The first kappa shape index (κ1) is 10.8. The molecular formula is C8H11ClN2S2. The molecule has 0 aliphatic heterocycles. The fourth-order valence-corrected chi connectivity index (χ4v) is 2.14. The molecule has 0 saturated heterocycles. The molecule has 0 unspecified atom stereocenters. The Labute approximate surface area is 92.5 Å². The van der Waals surface area contributed by atoms with Gasteiger partial charge in [0.2, 0.25) is 0 Å². The Kier molecular flexibility index (Phi) is 3.96. The quantitative estimate of drug-likeness (QED) is 0.791. The zero-order valence-electron chi connectivity index (χ0n) is 7.50. The lowest BCUT2D eigenvalue weighted by Gasteiger charge is -2.18. The number of halogens is 1. The highest BCUT2D eigenvalue weighted by molar-refractivity contribution is 7.80. The second-order valence-corrected chi connectivity index (χ2v) is 4.80. The zero-order valence-corrected chi connectivity index (χ0v) is 9.89. The Balaban J connectivity index is 2.54. The van der Waals surface area contributed by atoms with Gasteiger partial charge in [-0.3, -0.25) is 0 Å². The number of hydrogen-bond acceptors (Lipinski definition) is 2. The summed E-state index contributed by atoms with van der Waals surface area (Å²) in [7, 11) is 3.77. The van der Waals surface area contributed by atoms with Crippen LogP contribution in [0.1, 0.15) is 4.88 Å². The molecule has 72 valence electrons. The van der Waals surface area contributed by atoms with Crippen LogP contribution in [0.4, 0.5) is 0 Å². The van der Waals surface area contributed by atoms with E-state index in [1.165, 1.54) is 4.88 Å². The van der Waals surface area contributed by atoms with Crippen LogP contribution >= 0.6 is 35.2 Å². The van der Waals surface area contributed by atoms with E-state index in [9.17, 15) is 0 Å². The van der Waals surface area contributed by atoms with Crippen molar-refractivity contribution >= 4 is 40.3 Å². The molecule has 1 aromatic heterocycles. The lowest BCUT2D eigenvalue weighted by molar-refractivity contribution is 0.500. The molecule has 0 fully saturated rings. The zero-order chi connectivity index (χ0) is 9.84. The molecule has 0 amide bonds. The summed E-state index contributed by atoms with van der Waals surface area (Å²) in [5, 5.41) is 3.66. The fourth-order valence-electron chi connectivity index (χ4n) is 0.933. The van der Waals surface area contributed by atoms with Crippen molar-refractivity contribution in [1.82, 2.24) is 10.2 Å². The number of thiophene rings is 1. The van der Waals surface area contributed by atoms with Crippen molar-refractivity contribution in [2.24, 2.45) is 0 Å². The molecule has 1 heterocycles. The molecule has 0 aliphatic carbocycles. The van der Waals surface area contributed by atoms with Crippen molar-refractivity contribution in [2.45, 2.75) is 6.54 Å². The summed E-state index contributed by atoms with van der Waals surface area (Å²) < 4.78 is 0.818. The summed E-state index contributed by atoms with van der Waals surface area (Å²) >= 11 is 12.5. The number of rotatable bonds is 2. The van der Waals surface area contributed by atoms with Crippen LogP contribution in [0.25, 0.3) is 0 Å². The van der Waals surface area contributed by atoms with Crippen LogP contribution in [0.15, 0.2) is 12.1 Å². The van der Waals surface area contributed by atoms with E-state index in [4.69, 9.17) is 23.8 Å². The number of thiocarbonyl (C=S) groups is 1. The van der Waals surface area contributed by atoms with E-state index in [1.807, 2.05) is 31.1 Å². The minimum Gasteiger partial charge on any atom is -0.366 e. The van der Waals surface area contributed by atoms with E-state index in [0.29, 0.717) is 0 Å². The highest BCUT2D eigenvalue weighted by Crippen LogP contribution is 2.22. The fraction of sp³-hybridized carbons (Fsp3) is 0.375. The smallest absolute Gasteiger partial charge is 0.168 e. The summed E-state index contributed by atoms with van der Waals surface area (Å²) in [6.07, 6.45) is 0. The molecule has 0 aromatic carbocycles. The van der Waals surface area contributed by atoms with E-state index in [2.05, 4.69) is 5.32 Å². The minimum atomic E-state index is 0.740. The van der Waals surface area contributed by atoms with E-state index < -0.39 is 0 Å². The number of nitrogens with zero attached hydrogens (tertiary/aromatic N) is 1. The summed E-state index contributed by atoms with van der Waals surface area (Å²) in [6.45, 7) is 0.803. The van der Waals surface area contributed by atoms with Gasteiger partial charge in [0.25, 0.3) is 0 Å². The Hall–Kier alpha value is -0.320. The third-order valence-corrected chi connectivity index (χ3v) is 3.31. The Morgan fingerprint density at radius 2 is 2.38 bits per heavy atom. The van der Waals surface area contributed by atoms with Crippen LogP contribution in [0, 0.1) is 0 Å². The lowest BCUT2D eigenvalue weighted by Crippen LogP contribution is -2.33. The van der Waals surface area contributed by atoms with Gasteiger partial charge >= 0.3 is 0 Å². The predicted octanol–water partition coefficient (Wildman–Crippen LogP) is 2.34. The summed E-state index contributed by atoms with van der Waals surface area (Å²) in [5.41, 5.74) is 0. The van der Waals surface area contributed by atoms with Crippen molar-refractivity contribution in [3.8, 4) is 0 Å². The maximum atomic E-state index is 5.81. The van der Waals surface area contributed by atoms with Gasteiger partial charge in [0.05, 0.1) is 10.9 Å². The van der Waals surface area contributed by atoms with Gasteiger partial charge in [-0.15, -0.1) is 11.3 Å². The molecular weight excluding hydrogens is 224 g/mol. The van der Waals surface area contributed by atoms with E-state index in [-0.39, 0.29) is 0 Å². The predicted molar refractivity (Wildman–Crippen MR) is 62.5 cm³/mol. The van der Waals surface area contributed by atoms with Crippen LogP contribution < -0.4 is 5.32 Å². The second kappa shape index (κ2) is 4.79. The first-order valence-corrected chi connectivity index (χ1v) is 5.41. The van der Waals surface area contributed by atoms with Gasteiger partial charge in [0.1, 0.15) is 0 Å². The van der Waals surface area contributed by atoms with Gasteiger partial charge in [-0.25, -0.2) is 0 Å². The minimum absolute atomic E-state index is 0.740. The number of hydrogen-bond donors (Lipinski definition) is 1. The highest BCUT2D eigenvalue weighted by Gasteiger charge is 2.04. The lowest BCUT2D eigenvalue weighted by atomic mass is 10.4. The average Bonchev–Trinajstić information content (AvgIpc) is 2.49. The van der Waals surface area contributed by atoms with Crippen molar-refractivity contribution in [2.75, 3.05) is 14.1 Å². The maximum absolute atomic E-state index is 5.81. The van der Waals surface area contributed by atoms with Crippen molar-refractivity contribution in [3.63, 3.8) is 0 Å². The molecule has 0 spiro atoms. The van der Waals surface area contributed by atoms with Gasteiger partial charge in [0.15, 0.2) is 5.11 Å². The molecule has 1 aromatic rings. The summed E-state index contributed by atoms with van der Waals surface area (Å²) in [4.78, 5) is 3.18. The molecule has 1 rings (SSSR count).